The van der Waals surface area contributed by atoms with E-state index in [0.717, 1.165) is 12.8 Å². The van der Waals surface area contributed by atoms with Crippen LogP contribution in [0.1, 0.15) is 47.4 Å². The van der Waals surface area contributed by atoms with E-state index in [9.17, 15) is 9.59 Å². The smallest absolute Gasteiger partial charge is 0.336 e. The van der Waals surface area contributed by atoms with Crippen LogP contribution in [0.15, 0.2) is 16.6 Å². The van der Waals surface area contributed by atoms with Crippen LogP contribution in [-0.4, -0.2) is 23.0 Å². The van der Waals surface area contributed by atoms with Crippen LogP contribution in [0.25, 0.3) is 0 Å². The average molecular weight is 329 g/mol. The summed E-state index contributed by atoms with van der Waals surface area (Å²) in [5.74, 6) is -1.65. The van der Waals surface area contributed by atoms with Crippen LogP contribution in [0.3, 0.4) is 0 Å². The normalized spacial score (nSPS) is 10.5. The molecule has 0 aliphatic carbocycles. The number of carboxylic acids is 1. The quantitative estimate of drug-likeness (QED) is 0.748. The van der Waals surface area contributed by atoms with E-state index in [-0.39, 0.29) is 17.2 Å². The number of carbonyl (C=O) groups is 2. The van der Waals surface area contributed by atoms with E-state index in [0.29, 0.717) is 10.2 Å². The number of carboxylic acid groups (broad SMARTS) is 1. The fraction of sp³-hybridized carbons (Fsp3) is 0.385. The largest absolute Gasteiger partial charge is 0.478 e. The van der Waals surface area contributed by atoms with Crippen molar-refractivity contribution in [1.82, 2.24) is 0 Å². The Kier molecular flexibility index (Phi) is 5.35. The minimum atomic E-state index is -1.06. The molecular weight excluding hydrogens is 312 g/mol. The molecule has 5 nitrogen and oxygen atoms in total. The SMILES string of the molecule is CCC(CC)Nc1cc(C(=O)O)c(Br)cc1C(N)=O. The Morgan fingerprint density at radius 2 is 1.89 bits per heavy atom. The molecule has 0 saturated carbocycles. The van der Waals surface area contributed by atoms with Gasteiger partial charge in [0, 0.05) is 16.2 Å². The van der Waals surface area contributed by atoms with Gasteiger partial charge >= 0.3 is 5.97 Å². The van der Waals surface area contributed by atoms with Gasteiger partial charge in [-0.1, -0.05) is 13.8 Å². The number of primary amides is 1. The molecule has 1 aromatic rings. The third kappa shape index (κ3) is 3.70. The molecule has 0 saturated heterocycles. The molecule has 0 aliphatic rings. The molecular formula is C13H17BrN2O3. The van der Waals surface area contributed by atoms with Crippen LogP contribution >= 0.6 is 15.9 Å². The number of aromatic carboxylic acids is 1. The lowest BCUT2D eigenvalue weighted by molar-refractivity contribution is 0.0695. The van der Waals surface area contributed by atoms with Crippen LogP contribution in [0, 0.1) is 0 Å². The van der Waals surface area contributed by atoms with Gasteiger partial charge < -0.3 is 16.2 Å². The lowest BCUT2D eigenvalue weighted by Gasteiger charge is -2.19. The molecule has 0 atom stereocenters. The number of anilines is 1. The van der Waals surface area contributed by atoms with Gasteiger partial charge in [0.25, 0.3) is 5.91 Å². The summed E-state index contributed by atoms with van der Waals surface area (Å²) in [6.45, 7) is 4.03. The highest BCUT2D eigenvalue weighted by Crippen LogP contribution is 2.27. The van der Waals surface area contributed by atoms with Crippen molar-refractivity contribution in [2.75, 3.05) is 5.32 Å². The summed E-state index contributed by atoms with van der Waals surface area (Å²) in [6, 6.07) is 3.04. The summed E-state index contributed by atoms with van der Waals surface area (Å²) < 4.78 is 0.337. The highest BCUT2D eigenvalue weighted by atomic mass is 79.9. The van der Waals surface area contributed by atoms with Crippen molar-refractivity contribution in [2.24, 2.45) is 5.73 Å². The Labute approximate surface area is 120 Å². The summed E-state index contributed by atoms with van der Waals surface area (Å²) in [7, 11) is 0. The standard InChI is InChI=1S/C13H17BrN2O3/c1-3-7(4-2)16-11-6-8(13(18)19)10(14)5-9(11)12(15)17/h5-7,16H,3-4H2,1-2H3,(H2,15,17)(H,18,19). The third-order valence-electron chi connectivity index (χ3n) is 2.95. The molecule has 0 aliphatic heterocycles. The summed E-state index contributed by atoms with van der Waals surface area (Å²) in [6.07, 6.45) is 1.74. The second-order valence-corrected chi connectivity index (χ2v) is 5.06. The lowest BCUT2D eigenvalue weighted by atomic mass is 10.1. The predicted molar refractivity (Wildman–Crippen MR) is 77.6 cm³/mol. The van der Waals surface area contributed by atoms with Crippen LogP contribution in [-0.2, 0) is 0 Å². The Hall–Kier alpha value is -1.56. The molecule has 0 unspecified atom stereocenters. The number of hydrogen-bond donors (Lipinski definition) is 3. The molecule has 104 valence electrons. The zero-order valence-electron chi connectivity index (χ0n) is 10.9. The number of rotatable bonds is 6. The van der Waals surface area contributed by atoms with Crippen molar-refractivity contribution in [3.63, 3.8) is 0 Å². The maximum Gasteiger partial charge on any atom is 0.336 e. The summed E-state index contributed by atoms with van der Waals surface area (Å²) in [5.41, 5.74) is 6.16. The van der Waals surface area contributed by atoms with Gasteiger partial charge in [0.2, 0.25) is 0 Å². The van der Waals surface area contributed by atoms with E-state index in [2.05, 4.69) is 21.2 Å². The first-order valence-corrected chi connectivity index (χ1v) is 6.83. The van der Waals surface area contributed by atoms with Crippen molar-refractivity contribution in [3.05, 3.63) is 27.7 Å². The first-order valence-electron chi connectivity index (χ1n) is 6.03. The molecule has 1 rings (SSSR count). The second kappa shape index (κ2) is 6.56. The number of nitrogens with two attached hydrogens (primary N) is 1. The summed E-state index contributed by atoms with van der Waals surface area (Å²) in [4.78, 5) is 22.5. The molecule has 0 heterocycles. The average Bonchev–Trinajstić information content (AvgIpc) is 2.36. The van der Waals surface area contributed by atoms with Crippen LogP contribution < -0.4 is 11.1 Å². The Balaban J connectivity index is 3.29. The first-order chi connectivity index (χ1) is 8.90. The molecule has 1 amide bonds. The number of carbonyl (C=O) groups excluding carboxylic acids is 1. The molecule has 0 fully saturated rings. The van der Waals surface area contributed by atoms with E-state index in [1.165, 1.54) is 12.1 Å². The monoisotopic (exact) mass is 328 g/mol. The van der Waals surface area contributed by atoms with Gasteiger partial charge in [0.1, 0.15) is 0 Å². The highest BCUT2D eigenvalue weighted by molar-refractivity contribution is 9.10. The van der Waals surface area contributed by atoms with Gasteiger partial charge in [0.05, 0.1) is 11.1 Å². The molecule has 0 bridgehead atoms. The molecule has 6 heteroatoms. The molecule has 4 N–H and O–H groups in total. The van der Waals surface area contributed by atoms with Crippen molar-refractivity contribution >= 4 is 33.5 Å². The fourth-order valence-electron chi connectivity index (χ4n) is 1.77. The maximum atomic E-state index is 11.4. The van der Waals surface area contributed by atoms with E-state index < -0.39 is 11.9 Å². The Bertz CT molecular complexity index is 499. The summed E-state index contributed by atoms with van der Waals surface area (Å²) in [5, 5.41) is 12.3. The third-order valence-corrected chi connectivity index (χ3v) is 3.60. The van der Waals surface area contributed by atoms with Gasteiger partial charge in [-0.25, -0.2) is 4.79 Å². The topological polar surface area (TPSA) is 92.4 Å². The summed E-state index contributed by atoms with van der Waals surface area (Å²) >= 11 is 3.13. The van der Waals surface area contributed by atoms with Gasteiger partial charge in [-0.15, -0.1) is 0 Å². The molecule has 1 aromatic carbocycles. The highest BCUT2D eigenvalue weighted by Gasteiger charge is 2.17. The number of nitrogens with one attached hydrogen (secondary N) is 1. The number of benzene rings is 1. The Morgan fingerprint density at radius 1 is 1.32 bits per heavy atom. The van der Waals surface area contributed by atoms with Crippen molar-refractivity contribution in [3.8, 4) is 0 Å². The Morgan fingerprint density at radius 3 is 2.32 bits per heavy atom. The zero-order valence-corrected chi connectivity index (χ0v) is 12.5. The van der Waals surface area contributed by atoms with Crippen LogP contribution in [0.4, 0.5) is 5.69 Å². The van der Waals surface area contributed by atoms with E-state index in [1.54, 1.807) is 0 Å². The number of amides is 1. The maximum absolute atomic E-state index is 11.4. The molecule has 0 aromatic heterocycles. The van der Waals surface area contributed by atoms with E-state index in [1.807, 2.05) is 13.8 Å². The number of halogens is 1. The first kappa shape index (κ1) is 15.5. The van der Waals surface area contributed by atoms with Crippen LogP contribution in [0.5, 0.6) is 0 Å². The van der Waals surface area contributed by atoms with E-state index in [4.69, 9.17) is 10.8 Å². The van der Waals surface area contributed by atoms with Gasteiger partial charge in [0.15, 0.2) is 0 Å². The molecule has 19 heavy (non-hydrogen) atoms. The van der Waals surface area contributed by atoms with Crippen molar-refractivity contribution < 1.29 is 14.7 Å². The fourth-order valence-corrected chi connectivity index (χ4v) is 2.29. The van der Waals surface area contributed by atoms with Gasteiger partial charge in [-0.2, -0.15) is 0 Å². The van der Waals surface area contributed by atoms with Crippen LogP contribution in [0.2, 0.25) is 0 Å². The second-order valence-electron chi connectivity index (χ2n) is 4.20. The predicted octanol–water partition coefficient (Wildman–Crippen LogP) is 2.85. The number of hydrogen-bond acceptors (Lipinski definition) is 3. The van der Waals surface area contributed by atoms with Gasteiger partial charge in [-0.05, 0) is 40.9 Å². The molecule has 0 spiro atoms. The van der Waals surface area contributed by atoms with Gasteiger partial charge in [-0.3, -0.25) is 4.79 Å². The van der Waals surface area contributed by atoms with E-state index >= 15 is 0 Å². The molecule has 0 radical (unpaired) electrons. The van der Waals surface area contributed by atoms with Crippen molar-refractivity contribution in [1.29, 1.82) is 0 Å². The lowest BCUT2D eigenvalue weighted by Crippen LogP contribution is -2.22. The van der Waals surface area contributed by atoms with Crippen molar-refractivity contribution in [2.45, 2.75) is 32.7 Å². The minimum Gasteiger partial charge on any atom is -0.478 e. The minimum absolute atomic E-state index is 0.0958. The zero-order chi connectivity index (χ0) is 14.6.